The molecule has 16 heavy (non-hydrogen) atoms. The zero-order valence-electron chi connectivity index (χ0n) is 8.64. The van der Waals surface area contributed by atoms with Crippen LogP contribution in [0.3, 0.4) is 0 Å². The summed E-state index contributed by atoms with van der Waals surface area (Å²) in [6.45, 7) is 0.0789. The lowest BCUT2D eigenvalue weighted by atomic mass is 10.3. The number of carbonyl (C=O) groups excluding carboxylic acids is 1. The van der Waals surface area contributed by atoms with Crippen LogP contribution in [0.5, 0.6) is 5.75 Å². The summed E-state index contributed by atoms with van der Waals surface area (Å²) in [5, 5.41) is 0.418. The summed E-state index contributed by atoms with van der Waals surface area (Å²) < 4.78 is 10.2. The molecule has 0 spiro atoms. The largest absolute Gasteiger partial charge is 0.476 e. The molecule has 0 bridgehead atoms. The number of pyridine rings is 1. The molecule has 0 fully saturated rings. The standard InChI is InChI=1S/C9H12ClN3O3/c1-15-5-8(9(14)13-11)16-7-2-6(10)3-12-4-7/h2-4,8H,5,11H2,1H3,(H,13,14). The van der Waals surface area contributed by atoms with Crippen LogP contribution in [0.25, 0.3) is 0 Å². The second-order valence-corrected chi connectivity index (χ2v) is 3.35. The smallest absolute Gasteiger partial charge is 0.277 e. The van der Waals surface area contributed by atoms with Gasteiger partial charge in [-0.1, -0.05) is 11.6 Å². The van der Waals surface area contributed by atoms with Crippen LogP contribution in [0.2, 0.25) is 5.02 Å². The van der Waals surface area contributed by atoms with Crippen LogP contribution >= 0.6 is 11.6 Å². The highest BCUT2D eigenvalue weighted by Gasteiger charge is 2.19. The van der Waals surface area contributed by atoms with Gasteiger partial charge in [0.15, 0.2) is 0 Å². The number of nitrogens with two attached hydrogens (primary N) is 1. The van der Waals surface area contributed by atoms with Gasteiger partial charge in [-0.15, -0.1) is 0 Å². The molecule has 0 saturated heterocycles. The van der Waals surface area contributed by atoms with Crippen molar-refractivity contribution in [3.8, 4) is 5.75 Å². The van der Waals surface area contributed by atoms with Crippen LogP contribution in [-0.2, 0) is 9.53 Å². The summed E-state index contributed by atoms with van der Waals surface area (Å²) >= 11 is 5.72. The predicted octanol–water partition coefficient (Wildman–Crippen LogP) is 0.119. The van der Waals surface area contributed by atoms with Gasteiger partial charge in [0.1, 0.15) is 5.75 Å². The maximum Gasteiger partial charge on any atom is 0.277 e. The summed E-state index contributed by atoms with van der Waals surface area (Å²) in [6, 6.07) is 1.54. The van der Waals surface area contributed by atoms with E-state index in [1.165, 1.54) is 19.5 Å². The Balaban J connectivity index is 2.71. The monoisotopic (exact) mass is 245 g/mol. The number of amides is 1. The van der Waals surface area contributed by atoms with Crippen LogP contribution in [0.4, 0.5) is 0 Å². The summed E-state index contributed by atoms with van der Waals surface area (Å²) in [6.07, 6.45) is 2.07. The molecule has 0 aliphatic heterocycles. The Kier molecular flexibility index (Phi) is 4.97. The number of nitrogens with one attached hydrogen (secondary N) is 1. The Morgan fingerprint density at radius 2 is 2.44 bits per heavy atom. The molecule has 1 aromatic rings. The van der Waals surface area contributed by atoms with Crippen molar-refractivity contribution in [1.29, 1.82) is 0 Å². The van der Waals surface area contributed by atoms with Gasteiger partial charge in [0.2, 0.25) is 6.10 Å². The minimum Gasteiger partial charge on any atom is -0.476 e. The van der Waals surface area contributed by atoms with Crippen molar-refractivity contribution in [3.05, 3.63) is 23.5 Å². The van der Waals surface area contributed by atoms with E-state index in [1.54, 1.807) is 6.07 Å². The number of methoxy groups -OCH3 is 1. The molecule has 7 heteroatoms. The lowest BCUT2D eigenvalue weighted by molar-refractivity contribution is -0.130. The third kappa shape index (κ3) is 3.65. The molecule has 1 amide bonds. The SMILES string of the molecule is COCC(Oc1cncc(Cl)c1)C(=O)NN. The molecule has 0 radical (unpaired) electrons. The normalized spacial score (nSPS) is 11.9. The molecule has 1 atom stereocenters. The van der Waals surface area contributed by atoms with Gasteiger partial charge in [0.05, 0.1) is 17.8 Å². The molecular formula is C9H12ClN3O3. The van der Waals surface area contributed by atoms with Gasteiger partial charge in [-0.25, -0.2) is 5.84 Å². The van der Waals surface area contributed by atoms with E-state index in [4.69, 9.17) is 26.9 Å². The van der Waals surface area contributed by atoms with Crippen LogP contribution in [0, 0.1) is 0 Å². The Labute approximate surface area is 97.7 Å². The first-order chi connectivity index (χ1) is 7.67. The lowest BCUT2D eigenvalue weighted by Gasteiger charge is -2.16. The topological polar surface area (TPSA) is 86.5 Å². The van der Waals surface area contributed by atoms with Gasteiger partial charge in [0, 0.05) is 19.4 Å². The van der Waals surface area contributed by atoms with E-state index in [1.807, 2.05) is 5.43 Å². The minimum atomic E-state index is -0.838. The van der Waals surface area contributed by atoms with Gasteiger partial charge in [-0.3, -0.25) is 15.2 Å². The Bertz CT molecular complexity index is 362. The van der Waals surface area contributed by atoms with E-state index in [2.05, 4.69) is 4.98 Å². The summed E-state index contributed by atoms with van der Waals surface area (Å²) in [5.74, 6) is 4.90. The fraction of sp³-hybridized carbons (Fsp3) is 0.333. The van der Waals surface area contributed by atoms with Crippen molar-refractivity contribution in [2.45, 2.75) is 6.10 Å². The van der Waals surface area contributed by atoms with Crippen molar-refractivity contribution in [2.75, 3.05) is 13.7 Å². The zero-order chi connectivity index (χ0) is 12.0. The molecule has 1 aromatic heterocycles. The number of rotatable bonds is 5. The Morgan fingerprint density at radius 1 is 1.69 bits per heavy atom. The van der Waals surface area contributed by atoms with E-state index in [0.717, 1.165) is 0 Å². The molecule has 1 rings (SSSR count). The lowest BCUT2D eigenvalue weighted by Crippen LogP contribution is -2.44. The molecule has 3 N–H and O–H groups in total. The summed E-state index contributed by atoms with van der Waals surface area (Å²) in [4.78, 5) is 15.1. The van der Waals surface area contributed by atoms with Crippen molar-refractivity contribution in [3.63, 3.8) is 0 Å². The quantitative estimate of drug-likeness (QED) is 0.437. The van der Waals surface area contributed by atoms with Gasteiger partial charge in [-0.2, -0.15) is 0 Å². The highest BCUT2D eigenvalue weighted by atomic mass is 35.5. The predicted molar refractivity (Wildman–Crippen MR) is 57.9 cm³/mol. The van der Waals surface area contributed by atoms with Crippen LogP contribution in [0.1, 0.15) is 0 Å². The summed E-state index contributed by atoms with van der Waals surface area (Å²) in [5.41, 5.74) is 1.99. The molecule has 0 aromatic carbocycles. The molecule has 88 valence electrons. The third-order valence-corrected chi connectivity index (χ3v) is 1.92. The number of hydrogen-bond acceptors (Lipinski definition) is 5. The number of ether oxygens (including phenoxy) is 2. The fourth-order valence-electron chi connectivity index (χ4n) is 1.03. The number of aromatic nitrogens is 1. The van der Waals surface area contributed by atoms with Crippen LogP contribution in [-0.4, -0.2) is 30.7 Å². The van der Waals surface area contributed by atoms with E-state index in [-0.39, 0.29) is 6.61 Å². The van der Waals surface area contributed by atoms with Crippen molar-refractivity contribution in [2.24, 2.45) is 5.84 Å². The van der Waals surface area contributed by atoms with E-state index in [0.29, 0.717) is 10.8 Å². The first-order valence-electron chi connectivity index (χ1n) is 4.44. The van der Waals surface area contributed by atoms with Crippen LogP contribution < -0.4 is 16.0 Å². The molecule has 1 heterocycles. The Morgan fingerprint density at radius 3 is 3.00 bits per heavy atom. The molecule has 0 saturated carbocycles. The first kappa shape index (κ1) is 12.7. The highest BCUT2D eigenvalue weighted by molar-refractivity contribution is 6.30. The molecule has 6 nitrogen and oxygen atoms in total. The molecule has 0 aliphatic carbocycles. The fourth-order valence-corrected chi connectivity index (χ4v) is 1.19. The second kappa shape index (κ2) is 6.26. The Hall–Kier alpha value is -1.37. The number of halogens is 1. The van der Waals surface area contributed by atoms with Gasteiger partial charge >= 0.3 is 0 Å². The molecule has 1 unspecified atom stereocenters. The van der Waals surface area contributed by atoms with E-state index >= 15 is 0 Å². The third-order valence-electron chi connectivity index (χ3n) is 1.71. The van der Waals surface area contributed by atoms with E-state index in [9.17, 15) is 4.79 Å². The zero-order valence-corrected chi connectivity index (χ0v) is 9.40. The first-order valence-corrected chi connectivity index (χ1v) is 4.81. The average Bonchev–Trinajstić information content (AvgIpc) is 2.27. The van der Waals surface area contributed by atoms with Crippen molar-refractivity contribution in [1.82, 2.24) is 10.4 Å². The number of nitrogens with zero attached hydrogens (tertiary/aromatic N) is 1. The number of hydrogen-bond donors (Lipinski definition) is 2. The van der Waals surface area contributed by atoms with E-state index < -0.39 is 12.0 Å². The second-order valence-electron chi connectivity index (χ2n) is 2.91. The minimum absolute atomic E-state index is 0.0789. The number of hydrazine groups is 1. The van der Waals surface area contributed by atoms with Crippen molar-refractivity contribution >= 4 is 17.5 Å². The average molecular weight is 246 g/mol. The summed E-state index contributed by atoms with van der Waals surface area (Å²) in [7, 11) is 1.45. The maximum absolute atomic E-state index is 11.3. The molecule has 0 aliphatic rings. The van der Waals surface area contributed by atoms with Crippen molar-refractivity contribution < 1.29 is 14.3 Å². The maximum atomic E-state index is 11.3. The van der Waals surface area contributed by atoms with Crippen LogP contribution in [0.15, 0.2) is 18.5 Å². The van der Waals surface area contributed by atoms with Gasteiger partial charge in [0.25, 0.3) is 5.91 Å². The highest BCUT2D eigenvalue weighted by Crippen LogP contribution is 2.16. The number of carbonyl (C=O) groups is 1. The molecular weight excluding hydrogens is 234 g/mol. The van der Waals surface area contributed by atoms with Gasteiger partial charge in [-0.05, 0) is 0 Å². The van der Waals surface area contributed by atoms with Gasteiger partial charge < -0.3 is 9.47 Å².